The van der Waals surface area contributed by atoms with Gasteiger partial charge >= 0.3 is 0 Å². The lowest BCUT2D eigenvalue weighted by molar-refractivity contribution is -0.113. The molecule has 0 bridgehead atoms. The van der Waals surface area contributed by atoms with Crippen molar-refractivity contribution in [1.82, 2.24) is 0 Å². The molecule has 2 amide bonds. The van der Waals surface area contributed by atoms with Gasteiger partial charge in [-0.25, -0.2) is 0 Å². The van der Waals surface area contributed by atoms with E-state index in [0.717, 1.165) is 41.7 Å². The molecule has 6 heteroatoms. The third-order valence-electron chi connectivity index (χ3n) is 4.37. The lowest BCUT2D eigenvalue weighted by Crippen LogP contribution is -2.19. The smallest absolute Gasteiger partial charge is 0.251 e. The van der Waals surface area contributed by atoms with Crippen LogP contribution in [0.1, 0.15) is 45.6 Å². The number of nitrogens with one attached hydrogen (secondary N) is 1. The number of hydrogen-bond donors (Lipinski definition) is 2. The molecule has 0 aliphatic heterocycles. The predicted molar refractivity (Wildman–Crippen MR) is 105 cm³/mol. The number of hydrogen-bond acceptors (Lipinski definition) is 4. The summed E-state index contributed by atoms with van der Waals surface area (Å²) in [6.45, 7) is 2.03. The van der Waals surface area contributed by atoms with E-state index in [9.17, 15) is 9.59 Å². The van der Waals surface area contributed by atoms with Crippen LogP contribution in [0.2, 0.25) is 0 Å². The van der Waals surface area contributed by atoms with E-state index in [1.54, 1.807) is 0 Å². The molecular weight excluding hydrogens is 352 g/mol. The summed E-state index contributed by atoms with van der Waals surface area (Å²) >= 11 is 3.02. The number of carbonyl (C=O) groups excluding carboxylic acids is 2. The van der Waals surface area contributed by atoms with E-state index in [0.29, 0.717) is 16.3 Å². The first-order chi connectivity index (χ1) is 12.1. The maximum absolute atomic E-state index is 12.4. The van der Waals surface area contributed by atoms with Crippen molar-refractivity contribution in [3.8, 4) is 0 Å². The highest BCUT2D eigenvalue weighted by molar-refractivity contribution is 8.00. The van der Waals surface area contributed by atoms with E-state index in [1.807, 2.05) is 31.2 Å². The molecule has 1 aliphatic rings. The number of fused-ring (bicyclic) bond motifs is 1. The maximum atomic E-state index is 12.4. The number of rotatable bonds is 5. The molecule has 0 atom stereocenters. The third-order valence-corrected chi connectivity index (χ3v) is 6.76. The SMILES string of the molecule is Cc1ccccc1SCC(=O)Nc1sc2c(c1C(N)=O)CCCCC2. The number of carbonyl (C=O) groups is 2. The molecule has 0 saturated heterocycles. The van der Waals surface area contributed by atoms with Crippen molar-refractivity contribution in [2.45, 2.75) is 43.9 Å². The summed E-state index contributed by atoms with van der Waals surface area (Å²) in [6, 6.07) is 7.99. The zero-order chi connectivity index (χ0) is 17.8. The number of amides is 2. The van der Waals surface area contributed by atoms with Crippen LogP contribution in [-0.4, -0.2) is 17.6 Å². The van der Waals surface area contributed by atoms with Crippen molar-refractivity contribution in [2.24, 2.45) is 5.73 Å². The standard InChI is InChI=1S/C19H22N2O2S2/c1-12-7-5-6-9-14(12)24-11-16(22)21-19-17(18(20)23)13-8-3-2-4-10-15(13)25-19/h5-7,9H,2-4,8,10-11H2,1H3,(H2,20,23)(H,21,22). The molecule has 25 heavy (non-hydrogen) atoms. The van der Waals surface area contributed by atoms with Crippen LogP contribution < -0.4 is 11.1 Å². The van der Waals surface area contributed by atoms with Crippen molar-refractivity contribution in [3.05, 3.63) is 45.8 Å². The van der Waals surface area contributed by atoms with Gasteiger partial charge in [0.2, 0.25) is 5.91 Å². The number of anilines is 1. The van der Waals surface area contributed by atoms with Gasteiger partial charge in [-0.05, 0) is 49.8 Å². The minimum atomic E-state index is -0.443. The quantitative estimate of drug-likeness (QED) is 0.610. The van der Waals surface area contributed by atoms with E-state index in [2.05, 4.69) is 5.32 Å². The minimum absolute atomic E-state index is 0.104. The van der Waals surface area contributed by atoms with E-state index >= 15 is 0 Å². The molecule has 1 aromatic heterocycles. The van der Waals surface area contributed by atoms with Gasteiger partial charge in [-0.15, -0.1) is 23.1 Å². The van der Waals surface area contributed by atoms with Crippen molar-refractivity contribution in [3.63, 3.8) is 0 Å². The van der Waals surface area contributed by atoms with E-state index in [4.69, 9.17) is 5.73 Å². The third kappa shape index (κ3) is 4.25. The zero-order valence-electron chi connectivity index (χ0n) is 14.3. The Balaban J connectivity index is 1.73. The average molecular weight is 375 g/mol. The second-order valence-corrected chi connectivity index (χ2v) is 8.36. The van der Waals surface area contributed by atoms with Crippen LogP contribution in [0.4, 0.5) is 5.00 Å². The molecule has 0 fully saturated rings. The Kier molecular flexibility index (Phi) is 5.81. The Bertz CT molecular complexity index is 799. The molecular formula is C19H22N2O2S2. The predicted octanol–water partition coefficient (Wildman–Crippen LogP) is 4.16. The molecule has 3 N–H and O–H groups in total. The lowest BCUT2D eigenvalue weighted by Gasteiger charge is -2.07. The summed E-state index contributed by atoms with van der Waals surface area (Å²) in [6.07, 6.45) is 5.21. The van der Waals surface area contributed by atoms with Crippen LogP contribution in [0.5, 0.6) is 0 Å². The van der Waals surface area contributed by atoms with Crippen molar-refractivity contribution >= 4 is 39.9 Å². The minimum Gasteiger partial charge on any atom is -0.365 e. The highest BCUT2D eigenvalue weighted by Crippen LogP contribution is 2.37. The topological polar surface area (TPSA) is 72.2 Å². The van der Waals surface area contributed by atoms with Crippen molar-refractivity contribution < 1.29 is 9.59 Å². The van der Waals surface area contributed by atoms with Gasteiger partial charge in [0, 0.05) is 9.77 Å². The molecule has 0 unspecified atom stereocenters. The Morgan fingerprint density at radius 2 is 1.96 bits per heavy atom. The first kappa shape index (κ1) is 18.0. The second kappa shape index (κ2) is 8.06. The van der Waals surface area contributed by atoms with Crippen LogP contribution >= 0.6 is 23.1 Å². The van der Waals surface area contributed by atoms with Gasteiger partial charge in [0.15, 0.2) is 0 Å². The fourth-order valence-corrected chi connectivity index (χ4v) is 5.26. The summed E-state index contributed by atoms with van der Waals surface area (Å²) < 4.78 is 0. The number of thioether (sulfide) groups is 1. The number of nitrogens with two attached hydrogens (primary N) is 1. The summed E-state index contributed by atoms with van der Waals surface area (Å²) in [5.74, 6) is -0.237. The van der Waals surface area contributed by atoms with Gasteiger partial charge in [-0.2, -0.15) is 0 Å². The molecule has 1 aromatic carbocycles. The molecule has 4 nitrogen and oxygen atoms in total. The zero-order valence-corrected chi connectivity index (χ0v) is 15.9. The van der Waals surface area contributed by atoms with Crippen LogP contribution in [0.3, 0.4) is 0 Å². The Morgan fingerprint density at radius 3 is 2.72 bits per heavy atom. The summed E-state index contributed by atoms with van der Waals surface area (Å²) in [4.78, 5) is 26.6. The summed E-state index contributed by atoms with van der Waals surface area (Å²) in [5.41, 5.74) is 8.34. The molecule has 2 aromatic rings. The number of thiophene rings is 1. The first-order valence-electron chi connectivity index (χ1n) is 8.49. The fraction of sp³-hybridized carbons (Fsp3) is 0.368. The first-order valence-corrected chi connectivity index (χ1v) is 10.3. The van der Waals surface area contributed by atoms with E-state index in [-0.39, 0.29) is 5.91 Å². The Labute approximate surface area is 156 Å². The van der Waals surface area contributed by atoms with Gasteiger partial charge in [-0.3, -0.25) is 9.59 Å². The maximum Gasteiger partial charge on any atom is 0.251 e. The van der Waals surface area contributed by atoms with Crippen LogP contribution in [0.25, 0.3) is 0 Å². The van der Waals surface area contributed by atoms with Gasteiger partial charge in [-0.1, -0.05) is 24.6 Å². The highest BCUT2D eigenvalue weighted by Gasteiger charge is 2.24. The molecule has 1 aliphatic carbocycles. The van der Waals surface area contributed by atoms with Crippen LogP contribution in [0, 0.1) is 6.92 Å². The Hall–Kier alpha value is -1.79. The van der Waals surface area contributed by atoms with E-state index < -0.39 is 5.91 Å². The number of aryl methyl sites for hydroxylation is 2. The number of primary amides is 1. The van der Waals surface area contributed by atoms with Crippen molar-refractivity contribution in [1.29, 1.82) is 0 Å². The second-order valence-electron chi connectivity index (χ2n) is 6.24. The molecule has 0 radical (unpaired) electrons. The molecule has 132 valence electrons. The molecule has 3 rings (SSSR count). The van der Waals surface area contributed by atoms with Gasteiger partial charge in [0.1, 0.15) is 5.00 Å². The highest BCUT2D eigenvalue weighted by atomic mass is 32.2. The van der Waals surface area contributed by atoms with Crippen LogP contribution in [-0.2, 0) is 17.6 Å². The van der Waals surface area contributed by atoms with Crippen LogP contribution in [0.15, 0.2) is 29.2 Å². The monoisotopic (exact) mass is 374 g/mol. The molecule has 0 spiro atoms. The largest absolute Gasteiger partial charge is 0.365 e. The average Bonchev–Trinajstić information content (AvgIpc) is 2.75. The van der Waals surface area contributed by atoms with E-state index in [1.165, 1.54) is 34.4 Å². The number of benzene rings is 1. The van der Waals surface area contributed by atoms with Crippen molar-refractivity contribution in [2.75, 3.05) is 11.1 Å². The Morgan fingerprint density at radius 1 is 1.20 bits per heavy atom. The summed E-state index contributed by atoms with van der Waals surface area (Å²) in [5, 5.41) is 3.54. The van der Waals surface area contributed by atoms with Gasteiger partial charge in [0.05, 0.1) is 11.3 Å². The summed E-state index contributed by atoms with van der Waals surface area (Å²) in [7, 11) is 0. The van der Waals surface area contributed by atoms with Gasteiger partial charge in [0.25, 0.3) is 5.91 Å². The molecule has 0 saturated carbocycles. The fourth-order valence-electron chi connectivity index (χ4n) is 3.12. The lowest BCUT2D eigenvalue weighted by atomic mass is 10.1. The normalized spacial score (nSPS) is 13.8. The van der Waals surface area contributed by atoms with Gasteiger partial charge < -0.3 is 11.1 Å². The molecule has 1 heterocycles.